The van der Waals surface area contributed by atoms with Gasteiger partial charge in [0, 0.05) is 30.4 Å². The summed E-state index contributed by atoms with van der Waals surface area (Å²) in [5.41, 5.74) is 0.00337. The monoisotopic (exact) mass is 353 g/mol. The van der Waals surface area contributed by atoms with E-state index in [0.29, 0.717) is 17.6 Å². The molecular weight excluding hydrogens is 327 g/mol. The molecule has 0 fully saturated rings. The lowest BCUT2D eigenvalue weighted by molar-refractivity contribution is -0.136. The van der Waals surface area contributed by atoms with Crippen LogP contribution in [0.1, 0.15) is 38.7 Å². The first-order valence-corrected chi connectivity index (χ1v) is 8.88. The molecule has 2 rings (SSSR count). The number of anilines is 1. The third-order valence-electron chi connectivity index (χ3n) is 4.19. The molecule has 0 unspecified atom stereocenters. The molecule has 138 valence electrons. The van der Waals surface area contributed by atoms with Crippen molar-refractivity contribution in [2.75, 3.05) is 31.5 Å². The van der Waals surface area contributed by atoms with E-state index < -0.39 is 11.7 Å². The Bertz CT molecular complexity index is 671. The predicted octanol–water partition coefficient (Wildman–Crippen LogP) is 5.18. The minimum Gasteiger partial charge on any atom is -0.383 e. The van der Waals surface area contributed by atoms with Crippen molar-refractivity contribution < 1.29 is 13.2 Å². The van der Waals surface area contributed by atoms with Gasteiger partial charge in [-0.05, 0) is 38.1 Å². The van der Waals surface area contributed by atoms with Gasteiger partial charge in [0.1, 0.15) is 0 Å². The Morgan fingerprint density at radius 1 is 1.04 bits per heavy atom. The summed E-state index contributed by atoms with van der Waals surface area (Å²) in [4.78, 5) is 6.34. The second-order valence-corrected chi connectivity index (χ2v) is 6.18. The zero-order valence-electron chi connectivity index (χ0n) is 14.9. The van der Waals surface area contributed by atoms with E-state index in [4.69, 9.17) is 0 Å². The molecule has 0 bridgehead atoms. The molecule has 0 radical (unpaired) electrons. The van der Waals surface area contributed by atoms with E-state index in [1.807, 2.05) is 0 Å². The minimum atomic E-state index is -4.40. The zero-order chi connectivity index (χ0) is 18.3. The lowest BCUT2D eigenvalue weighted by atomic mass is 10.1. The fourth-order valence-electron chi connectivity index (χ4n) is 2.94. The molecule has 0 saturated carbocycles. The highest BCUT2D eigenvalue weighted by molar-refractivity contribution is 5.93. The number of fused-ring (bicyclic) bond motifs is 1. The van der Waals surface area contributed by atoms with Crippen molar-refractivity contribution in [2.45, 2.75) is 39.3 Å². The molecule has 2 aromatic rings. The Balaban J connectivity index is 2.11. The number of unbranched alkanes of at least 4 members (excludes halogenated alkanes) is 1. The fraction of sp³-hybridized carbons (Fsp3) is 0.526. The standard InChI is InChI=1S/C19H26F3N3/c1-3-5-13-25(12-4-2)14-11-23-17-9-10-24-18-15(17)7-6-8-16(18)19(20,21)22/h6-10H,3-5,11-14H2,1-2H3,(H,23,24). The van der Waals surface area contributed by atoms with Crippen LogP contribution in [-0.4, -0.2) is 36.1 Å². The van der Waals surface area contributed by atoms with Gasteiger partial charge in [-0.1, -0.05) is 32.4 Å². The Morgan fingerprint density at radius 3 is 2.52 bits per heavy atom. The van der Waals surface area contributed by atoms with Gasteiger partial charge < -0.3 is 10.2 Å². The van der Waals surface area contributed by atoms with Crippen molar-refractivity contribution in [1.82, 2.24) is 9.88 Å². The van der Waals surface area contributed by atoms with Gasteiger partial charge in [-0.25, -0.2) is 0 Å². The number of benzene rings is 1. The van der Waals surface area contributed by atoms with E-state index in [9.17, 15) is 13.2 Å². The van der Waals surface area contributed by atoms with Gasteiger partial charge in [0.25, 0.3) is 0 Å². The maximum absolute atomic E-state index is 13.1. The van der Waals surface area contributed by atoms with Gasteiger partial charge in [-0.15, -0.1) is 0 Å². The first-order chi connectivity index (χ1) is 12.0. The highest BCUT2D eigenvalue weighted by atomic mass is 19.4. The molecule has 0 amide bonds. The molecule has 1 N–H and O–H groups in total. The van der Waals surface area contributed by atoms with Crippen LogP contribution in [0.2, 0.25) is 0 Å². The van der Waals surface area contributed by atoms with Crippen LogP contribution < -0.4 is 5.32 Å². The number of nitrogens with zero attached hydrogens (tertiary/aromatic N) is 2. The molecule has 0 atom stereocenters. The highest BCUT2D eigenvalue weighted by Crippen LogP contribution is 2.35. The molecule has 0 aliphatic rings. The zero-order valence-corrected chi connectivity index (χ0v) is 14.9. The lowest BCUT2D eigenvalue weighted by Crippen LogP contribution is -2.30. The average molecular weight is 353 g/mol. The third-order valence-corrected chi connectivity index (χ3v) is 4.19. The van der Waals surface area contributed by atoms with Crippen LogP contribution in [0.25, 0.3) is 10.9 Å². The van der Waals surface area contributed by atoms with Crippen molar-refractivity contribution in [1.29, 1.82) is 0 Å². The fourth-order valence-corrected chi connectivity index (χ4v) is 2.94. The van der Waals surface area contributed by atoms with Crippen molar-refractivity contribution in [2.24, 2.45) is 0 Å². The molecule has 0 aliphatic carbocycles. The summed E-state index contributed by atoms with van der Waals surface area (Å²) in [7, 11) is 0. The number of alkyl halides is 3. The van der Waals surface area contributed by atoms with Crippen LogP contribution in [0.4, 0.5) is 18.9 Å². The number of para-hydroxylation sites is 1. The van der Waals surface area contributed by atoms with Gasteiger partial charge in [0.2, 0.25) is 0 Å². The van der Waals surface area contributed by atoms with Crippen LogP contribution >= 0.6 is 0 Å². The third kappa shape index (κ3) is 5.33. The average Bonchev–Trinajstić information content (AvgIpc) is 2.58. The van der Waals surface area contributed by atoms with E-state index in [2.05, 4.69) is 29.0 Å². The summed E-state index contributed by atoms with van der Waals surface area (Å²) in [5, 5.41) is 3.79. The van der Waals surface area contributed by atoms with E-state index in [0.717, 1.165) is 45.0 Å². The minimum absolute atomic E-state index is 0.00334. The molecule has 0 saturated heterocycles. The van der Waals surface area contributed by atoms with Crippen molar-refractivity contribution in [3.05, 3.63) is 36.0 Å². The van der Waals surface area contributed by atoms with Gasteiger partial charge >= 0.3 is 6.18 Å². The van der Waals surface area contributed by atoms with Gasteiger partial charge in [0.15, 0.2) is 0 Å². The van der Waals surface area contributed by atoms with Crippen LogP contribution in [-0.2, 0) is 6.18 Å². The summed E-state index contributed by atoms with van der Waals surface area (Å²) in [6, 6.07) is 5.93. The largest absolute Gasteiger partial charge is 0.418 e. The maximum Gasteiger partial charge on any atom is 0.418 e. The van der Waals surface area contributed by atoms with Crippen molar-refractivity contribution >= 4 is 16.6 Å². The number of rotatable bonds is 9. The van der Waals surface area contributed by atoms with Crippen LogP contribution in [0.15, 0.2) is 30.5 Å². The topological polar surface area (TPSA) is 28.2 Å². The number of pyridine rings is 1. The molecule has 6 heteroatoms. The Labute approximate surface area is 147 Å². The number of hydrogen-bond acceptors (Lipinski definition) is 3. The second-order valence-electron chi connectivity index (χ2n) is 6.18. The van der Waals surface area contributed by atoms with Gasteiger partial charge in [0.05, 0.1) is 11.1 Å². The Morgan fingerprint density at radius 2 is 1.84 bits per heavy atom. The van der Waals surface area contributed by atoms with Gasteiger partial charge in [-0.3, -0.25) is 4.98 Å². The number of nitrogens with one attached hydrogen (secondary N) is 1. The Hall–Kier alpha value is -1.82. The number of aromatic nitrogens is 1. The highest BCUT2D eigenvalue weighted by Gasteiger charge is 2.33. The molecule has 1 aromatic carbocycles. The smallest absolute Gasteiger partial charge is 0.383 e. The van der Waals surface area contributed by atoms with Gasteiger partial charge in [-0.2, -0.15) is 13.2 Å². The lowest BCUT2D eigenvalue weighted by Gasteiger charge is -2.22. The molecule has 1 heterocycles. The SMILES string of the molecule is CCCCN(CCC)CCNc1ccnc2c(C(F)(F)F)cccc12. The quantitative estimate of drug-likeness (QED) is 0.673. The van der Waals surface area contributed by atoms with E-state index in [1.165, 1.54) is 12.3 Å². The molecule has 25 heavy (non-hydrogen) atoms. The van der Waals surface area contributed by atoms with Crippen LogP contribution in [0, 0.1) is 0 Å². The second kappa shape index (κ2) is 9.04. The first kappa shape index (κ1) is 19.5. The molecular formula is C19H26F3N3. The number of halogens is 3. The molecule has 0 spiro atoms. The Kier molecular flexibility index (Phi) is 7.05. The number of hydrogen-bond donors (Lipinski definition) is 1. The van der Waals surface area contributed by atoms with Crippen molar-refractivity contribution in [3.8, 4) is 0 Å². The molecule has 1 aromatic heterocycles. The normalized spacial score (nSPS) is 12.1. The van der Waals surface area contributed by atoms with E-state index in [1.54, 1.807) is 12.1 Å². The van der Waals surface area contributed by atoms with E-state index in [-0.39, 0.29) is 5.52 Å². The van der Waals surface area contributed by atoms with E-state index >= 15 is 0 Å². The molecule has 0 aliphatic heterocycles. The summed E-state index contributed by atoms with van der Waals surface area (Å²) < 4.78 is 39.4. The molecule has 3 nitrogen and oxygen atoms in total. The summed E-state index contributed by atoms with van der Waals surface area (Å²) in [6.45, 7) is 7.99. The maximum atomic E-state index is 13.1. The first-order valence-electron chi connectivity index (χ1n) is 8.88. The van der Waals surface area contributed by atoms with Crippen LogP contribution in [0.5, 0.6) is 0 Å². The summed E-state index contributed by atoms with van der Waals surface area (Å²) in [5.74, 6) is 0. The summed E-state index contributed by atoms with van der Waals surface area (Å²) >= 11 is 0. The predicted molar refractivity (Wildman–Crippen MR) is 96.9 cm³/mol. The van der Waals surface area contributed by atoms with Crippen LogP contribution in [0.3, 0.4) is 0 Å². The van der Waals surface area contributed by atoms with Crippen molar-refractivity contribution in [3.63, 3.8) is 0 Å². The summed E-state index contributed by atoms with van der Waals surface area (Å²) in [6.07, 6.45) is 0.441.